The number of rotatable bonds is 2. The Balaban J connectivity index is 1.80. The van der Waals surface area contributed by atoms with Crippen LogP contribution in [0.5, 0.6) is 5.75 Å². The van der Waals surface area contributed by atoms with Gasteiger partial charge in [0.2, 0.25) is 0 Å². The number of nitro groups is 1. The maximum absolute atomic E-state index is 14.2. The van der Waals surface area contributed by atoms with Gasteiger partial charge in [-0.1, -0.05) is 12.1 Å². The third-order valence-electron chi connectivity index (χ3n) is 4.56. The van der Waals surface area contributed by atoms with Crippen LogP contribution in [0.25, 0.3) is 0 Å². The number of benzene rings is 2. The molecule has 2 bridgehead atoms. The summed E-state index contributed by atoms with van der Waals surface area (Å²) in [5.41, 5.74) is -0.505. The minimum atomic E-state index is -1.10. The molecule has 2 amide bonds. The number of anilines is 1. The van der Waals surface area contributed by atoms with Crippen molar-refractivity contribution in [3.8, 4) is 5.75 Å². The Morgan fingerprint density at radius 1 is 1.36 bits per heavy atom. The Morgan fingerprint density at radius 3 is 2.84 bits per heavy atom. The molecule has 0 saturated carbocycles. The first kappa shape index (κ1) is 15.4. The third-order valence-corrected chi connectivity index (χ3v) is 4.56. The molecule has 8 heteroatoms. The number of fused-ring (bicyclic) bond motifs is 4. The molecule has 4 rings (SSSR count). The van der Waals surface area contributed by atoms with Crippen LogP contribution < -0.4 is 15.0 Å². The molecule has 1 N–H and O–H groups in total. The number of nitrogens with one attached hydrogen (secondary N) is 1. The molecule has 0 radical (unpaired) electrons. The molecule has 7 nitrogen and oxygen atoms in total. The zero-order valence-electron chi connectivity index (χ0n) is 13.2. The van der Waals surface area contributed by atoms with Crippen LogP contribution in [-0.2, 0) is 0 Å². The van der Waals surface area contributed by atoms with E-state index in [2.05, 4.69) is 5.32 Å². The van der Waals surface area contributed by atoms with Crippen LogP contribution in [0.15, 0.2) is 42.5 Å². The van der Waals surface area contributed by atoms with Gasteiger partial charge in [0.05, 0.1) is 16.7 Å². The number of non-ortho nitro benzene ring substituents is 1. The molecule has 1 saturated heterocycles. The normalized spacial score (nSPS) is 24.2. The Morgan fingerprint density at radius 2 is 2.12 bits per heavy atom. The number of ether oxygens (including phenoxy) is 1. The smallest absolute Gasteiger partial charge is 0.325 e. The molecule has 128 valence electrons. The van der Waals surface area contributed by atoms with Gasteiger partial charge in [-0.05, 0) is 25.1 Å². The van der Waals surface area contributed by atoms with Crippen molar-refractivity contribution >= 4 is 17.4 Å². The second-order valence-electron chi connectivity index (χ2n) is 6.25. The van der Waals surface area contributed by atoms with Crippen LogP contribution in [0.2, 0.25) is 0 Å². The number of para-hydroxylation sites is 1. The first-order valence-electron chi connectivity index (χ1n) is 7.72. The fraction of sp³-hybridized carbons (Fsp3) is 0.235. The summed E-state index contributed by atoms with van der Waals surface area (Å²) in [5.74, 6) is -0.0962. The van der Waals surface area contributed by atoms with Crippen molar-refractivity contribution in [3.63, 3.8) is 0 Å². The van der Waals surface area contributed by atoms with E-state index in [1.165, 1.54) is 35.2 Å². The van der Waals surface area contributed by atoms with E-state index in [1.807, 2.05) is 0 Å². The number of carbonyl (C=O) groups is 1. The lowest BCUT2D eigenvalue weighted by Crippen LogP contribution is -2.65. The van der Waals surface area contributed by atoms with Gasteiger partial charge in [-0.2, -0.15) is 0 Å². The van der Waals surface area contributed by atoms with Crippen LogP contribution in [0.1, 0.15) is 24.9 Å². The van der Waals surface area contributed by atoms with Crippen molar-refractivity contribution < 1.29 is 18.8 Å². The summed E-state index contributed by atoms with van der Waals surface area (Å²) in [6, 6.07) is 9.27. The molecule has 2 aliphatic rings. The molecule has 0 unspecified atom stereocenters. The molecule has 0 aromatic heterocycles. The summed E-state index contributed by atoms with van der Waals surface area (Å²) in [7, 11) is 0. The molecule has 2 atom stereocenters. The summed E-state index contributed by atoms with van der Waals surface area (Å²) >= 11 is 0. The van der Waals surface area contributed by atoms with Crippen molar-refractivity contribution in [1.29, 1.82) is 0 Å². The Labute approximate surface area is 142 Å². The van der Waals surface area contributed by atoms with Crippen molar-refractivity contribution in [1.82, 2.24) is 5.32 Å². The van der Waals surface area contributed by atoms with Crippen LogP contribution in [0.3, 0.4) is 0 Å². The van der Waals surface area contributed by atoms with Gasteiger partial charge in [-0.25, -0.2) is 9.18 Å². The summed E-state index contributed by atoms with van der Waals surface area (Å²) in [5, 5.41) is 13.8. The van der Waals surface area contributed by atoms with E-state index >= 15 is 0 Å². The first-order chi connectivity index (χ1) is 11.9. The third kappa shape index (κ3) is 2.29. The Hall–Kier alpha value is -3.16. The predicted molar refractivity (Wildman–Crippen MR) is 86.9 cm³/mol. The van der Waals surface area contributed by atoms with Crippen LogP contribution in [0.4, 0.5) is 20.6 Å². The first-order valence-corrected chi connectivity index (χ1v) is 7.72. The van der Waals surface area contributed by atoms with Gasteiger partial charge in [-0.3, -0.25) is 15.0 Å². The van der Waals surface area contributed by atoms with Crippen LogP contribution >= 0.6 is 0 Å². The maximum atomic E-state index is 14.2. The zero-order chi connectivity index (χ0) is 17.8. The highest BCUT2D eigenvalue weighted by Gasteiger charge is 2.50. The number of nitro benzene ring substituents is 1. The van der Waals surface area contributed by atoms with Gasteiger partial charge in [0, 0.05) is 24.1 Å². The lowest BCUT2D eigenvalue weighted by molar-refractivity contribution is -0.385. The number of urea groups is 1. The average Bonchev–Trinajstić information content (AvgIpc) is 2.55. The Kier molecular flexibility index (Phi) is 3.18. The van der Waals surface area contributed by atoms with Gasteiger partial charge in [0.1, 0.15) is 11.6 Å². The highest BCUT2D eigenvalue weighted by molar-refractivity contribution is 5.95. The second-order valence-corrected chi connectivity index (χ2v) is 6.25. The van der Waals surface area contributed by atoms with Gasteiger partial charge < -0.3 is 10.1 Å². The van der Waals surface area contributed by atoms with Crippen LogP contribution in [-0.4, -0.2) is 16.7 Å². The van der Waals surface area contributed by atoms with E-state index < -0.39 is 28.5 Å². The molecule has 1 fully saturated rings. The number of halogens is 1. The van der Waals surface area contributed by atoms with Crippen molar-refractivity contribution in [2.24, 2.45) is 0 Å². The number of amides is 2. The van der Waals surface area contributed by atoms with E-state index in [9.17, 15) is 19.3 Å². The predicted octanol–water partition coefficient (Wildman–Crippen LogP) is 3.50. The average molecular weight is 343 g/mol. The van der Waals surface area contributed by atoms with Gasteiger partial charge in [0.25, 0.3) is 5.69 Å². The summed E-state index contributed by atoms with van der Waals surface area (Å²) in [6.07, 6.45) is 0.335. The zero-order valence-corrected chi connectivity index (χ0v) is 13.2. The molecule has 25 heavy (non-hydrogen) atoms. The number of carbonyl (C=O) groups excluding carboxylic acids is 1. The lowest BCUT2D eigenvalue weighted by atomic mass is 9.90. The number of nitrogens with zero attached hydrogens (tertiary/aromatic N) is 2. The molecule has 2 aromatic carbocycles. The molecule has 0 spiro atoms. The van der Waals surface area contributed by atoms with Crippen molar-refractivity contribution in [2.75, 3.05) is 4.90 Å². The molecule has 2 aliphatic heterocycles. The van der Waals surface area contributed by atoms with Crippen molar-refractivity contribution in [2.45, 2.75) is 25.1 Å². The minimum absolute atomic E-state index is 0.0725. The molecule has 2 aromatic rings. The monoisotopic (exact) mass is 343 g/mol. The highest BCUT2D eigenvalue weighted by atomic mass is 19.1. The van der Waals surface area contributed by atoms with E-state index in [-0.39, 0.29) is 11.4 Å². The van der Waals surface area contributed by atoms with Crippen LogP contribution in [0, 0.1) is 15.9 Å². The van der Waals surface area contributed by atoms with E-state index in [0.717, 1.165) is 0 Å². The number of hydrogen-bond acceptors (Lipinski definition) is 4. The van der Waals surface area contributed by atoms with Gasteiger partial charge >= 0.3 is 6.03 Å². The van der Waals surface area contributed by atoms with E-state index in [1.54, 1.807) is 19.1 Å². The second kappa shape index (κ2) is 5.17. The van der Waals surface area contributed by atoms with E-state index in [4.69, 9.17) is 4.74 Å². The molecular weight excluding hydrogens is 329 g/mol. The fourth-order valence-electron chi connectivity index (χ4n) is 3.47. The highest BCUT2D eigenvalue weighted by Crippen LogP contribution is 2.46. The molecule has 0 aliphatic carbocycles. The van der Waals surface area contributed by atoms with E-state index in [0.29, 0.717) is 17.7 Å². The topological polar surface area (TPSA) is 84.7 Å². The largest absolute Gasteiger partial charge is 0.467 e. The van der Waals surface area contributed by atoms with Gasteiger partial charge in [-0.15, -0.1) is 0 Å². The summed E-state index contributed by atoms with van der Waals surface area (Å²) in [4.78, 5) is 24.4. The standard InChI is InChI=1S/C17H14FN3O4/c1-17-9-13(11-8-10(21(23)24)6-7-15(11)25-17)19-16(22)20(17)14-5-3-2-4-12(14)18/h2-8,13H,9H2,1H3,(H,19,22)/t13-,17+/m0/s1. The Bertz CT molecular complexity index is 903. The minimum Gasteiger partial charge on any atom is -0.467 e. The van der Waals surface area contributed by atoms with Gasteiger partial charge in [0.15, 0.2) is 5.72 Å². The maximum Gasteiger partial charge on any atom is 0.325 e. The lowest BCUT2D eigenvalue weighted by Gasteiger charge is -2.50. The quantitative estimate of drug-likeness (QED) is 0.668. The summed E-state index contributed by atoms with van der Waals surface area (Å²) < 4.78 is 20.2. The molecule has 2 heterocycles. The fourth-order valence-corrected chi connectivity index (χ4v) is 3.47. The molecular formula is C17H14FN3O4. The SMILES string of the molecule is C[C@@]12C[C@H](NC(=O)N1c1ccccc1F)c1cc([N+](=O)[O-])ccc1O2. The summed E-state index contributed by atoms with van der Waals surface area (Å²) in [6.45, 7) is 1.70. The number of hydrogen-bond donors (Lipinski definition) is 1. The van der Waals surface area contributed by atoms with Crippen molar-refractivity contribution in [3.05, 3.63) is 64.0 Å².